The molecule has 41 heavy (non-hydrogen) atoms. The normalized spacial score (nSPS) is 21.6. The highest BCUT2D eigenvalue weighted by molar-refractivity contribution is 5.75. The number of hydrogen-bond acceptors (Lipinski definition) is 4. The Morgan fingerprint density at radius 2 is 1.73 bits per heavy atom. The Hall–Kier alpha value is -1.43. The molecule has 5 heteroatoms. The number of piperidine rings is 1. The van der Waals surface area contributed by atoms with Crippen LogP contribution in [0.25, 0.3) is 0 Å². The highest BCUT2D eigenvalue weighted by Crippen LogP contribution is 2.40. The molecule has 2 fully saturated rings. The number of carbonyl (C=O) groups is 1. The zero-order chi connectivity index (χ0) is 27.6. The fraction of sp³-hybridized carbons (Fsp3) is 0.806. The summed E-state index contributed by atoms with van der Waals surface area (Å²) in [6, 6.07) is 0. The molecule has 5 nitrogen and oxygen atoms in total. The molecule has 3 aliphatic rings. The van der Waals surface area contributed by atoms with Crippen LogP contribution < -0.4 is 10.6 Å². The van der Waals surface area contributed by atoms with Crippen LogP contribution in [-0.4, -0.2) is 56.9 Å². The van der Waals surface area contributed by atoms with Gasteiger partial charge < -0.3 is 15.0 Å². The predicted octanol–water partition coefficient (Wildman–Crippen LogP) is 8.78. The molecular formula is C36H71N3O2. The molecule has 1 heterocycles. The molecule has 0 spiro atoms. The van der Waals surface area contributed by atoms with Gasteiger partial charge in [-0.25, -0.2) is 0 Å². The molecule has 242 valence electrons. The smallest absolute Gasteiger partial charge is 0.219 e. The number of nitrogens with zero attached hydrogens (tertiary/aromatic N) is 1. The summed E-state index contributed by atoms with van der Waals surface area (Å²) in [7, 11) is 1.91. The highest BCUT2D eigenvalue weighted by Gasteiger charge is 2.36. The molecule has 3 rings (SSSR count). The van der Waals surface area contributed by atoms with Gasteiger partial charge in [-0.05, 0) is 89.4 Å². The molecule has 0 aromatic heterocycles. The number of rotatable bonds is 14. The minimum atomic E-state index is 0. The minimum absolute atomic E-state index is 0. The van der Waals surface area contributed by atoms with E-state index in [2.05, 4.69) is 46.8 Å². The first-order valence-corrected chi connectivity index (χ1v) is 15.9. The maximum Gasteiger partial charge on any atom is 0.219 e. The van der Waals surface area contributed by atoms with Crippen molar-refractivity contribution >= 4 is 5.91 Å². The van der Waals surface area contributed by atoms with Crippen LogP contribution in [0.5, 0.6) is 0 Å². The van der Waals surface area contributed by atoms with Gasteiger partial charge in [0, 0.05) is 26.0 Å². The van der Waals surface area contributed by atoms with Crippen molar-refractivity contribution in [1.82, 2.24) is 15.5 Å². The van der Waals surface area contributed by atoms with E-state index in [9.17, 15) is 4.79 Å². The second-order valence-electron chi connectivity index (χ2n) is 11.2. The van der Waals surface area contributed by atoms with Crippen LogP contribution in [-0.2, 0) is 9.53 Å². The van der Waals surface area contributed by atoms with E-state index in [1.165, 1.54) is 89.4 Å². The lowest BCUT2D eigenvalue weighted by Gasteiger charge is -2.37. The Labute approximate surface area is 257 Å². The van der Waals surface area contributed by atoms with E-state index >= 15 is 0 Å². The number of hydrogen-bond donors (Lipinski definition) is 2. The molecule has 0 radical (unpaired) electrons. The van der Waals surface area contributed by atoms with Gasteiger partial charge in [-0.3, -0.25) is 10.1 Å². The zero-order valence-electron chi connectivity index (χ0n) is 25.4. The largest absolute Gasteiger partial charge is 0.366 e. The van der Waals surface area contributed by atoms with Crippen molar-refractivity contribution in [1.29, 1.82) is 0 Å². The highest BCUT2D eigenvalue weighted by atomic mass is 16.5. The van der Waals surface area contributed by atoms with Crippen molar-refractivity contribution in [2.24, 2.45) is 23.7 Å². The summed E-state index contributed by atoms with van der Waals surface area (Å²) in [4.78, 5) is 13.9. The number of methoxy groups -OCH3 is 1. The van der Waals surface area contributed by atoms with E-state index < -0.39 is 0 Å². The maximum absolute atomic E-state index is 11.3. The van der Waals surface area contributed by atoms with Gasteiger partial charge in [-0.1, -0.05) is 105 Å². The Bertz CT molecular complexity index is 718. The van der Waals surface area contributed by atoms with Gasteiger partial charge in [0.05, 0.1) is 0 Å². The molecule has 2 unspecified atom stereocenters. The summed E-state index contributed by atoms with van der Waals surface area (Å²) < 4.78 is 6.08. The summed E-state index contributed by atoms with van der Waals surface area (Å²) >= 11 is 0. The van der Waals surface area contributed by atoms with Crippen LogP contribution in [0.1, 0.15) is 121 Å². The van der Waals surface area contributed by atoms with Crippen molar-refractivity contribution in [3.05, 3.63) is 36.0 Å². The van der Waals surface area contributed by atoms with Crippen LogP contribution >= 0.6 is 0 Å². The maximum atomic E-state index is 11.3. The summed E-state index contributed by atoms with van der Waals surface area (Å²) in [5.74, 6) is 2.91. The number of allylic oxidation sites excluding steroid dienone is 5. The third-order valence-electron chi connectivity index (χ3n) is 8.80. The monoisotopic (exact) mass is 578 g/mol. The van der Waals surface area contributed by atoms with E-state index in [0.717, 1.165) is 12.5 Å². The number of nitrogens with one attached hydrogen (secondary N) is 2. The van der Waals surface area contributed by atoms with Gasteiger partial charge in [-0.2, -0.15) is 0 Å². The van der Waals surface area contributed by atoms with E-state index in [1.807, 2.05) is 34.0 Å². The van der Waals surface area contributed by atoms with Gasteiger partial charge >= 0.3 is 0 Å². The van der Waals surface area contributed by atoms with E-state index in [-0.39, 0.29) is 34.4 Å². The average molecular weight is 578 g/mol. The molecule has 2 N–H and O–H groups in total. The lowest BCUT2D eigenvalue weighted by molar-refractivity contribution is -0.120. The Morgan fingerprint density at radius 1 is 1.05 bits per heavy atom. The third kappa shape index (κ3) is 15.0. The molecule has 1 saturated heterocycles. The molecule has 1 amide bonds. The van der Waals surface area contributed by atoms with Crippen molar-refractivity contribution in [2.45, 2.75) is 127 Å². The van der Waals surface area contributed by atoms with Gasteiger partial charge in [0.2, 0.25) is 5.91 Å². The fourth-order valence-corrected chi connectivity index (χ4v) is 6.58. The molecule has 0 aromatic rings. The predicted molar refractivity (Wildman–Crippen MR) is 182 cm³/mol. The lowest BCUT2D eigenvalue weighted by Crippen LogP contribution is -2.45. The van der Waals surface area contributed by atoms with Gasteiger partial charge in [-0.15, -0.1) is 0 Å². The van der Waals surface area contributed by atoms with Gasteiger partial charge in [0.25, 0.3) is 0 Å². The summed E-state index contributed by atoms with van der Waals surface area (Å²) in [6.45, 7) is 13.3. The van der Waals surface area contributed by atoms with E-state index in [0.29, 0.717) is 30.7 Å². The number of likely N-dealkylation sites (tertiary alicyclic amines) is 1. The quantitative estimate of drug-likeness (QED) is 0.0937. The summed E-state index contributed by atoms with van der Waals surface area (Å²) in [5.41, 5.74) is 1.46. The van der Waals surface area contributed by atoms with Gasteiger partial charge in [0.1, 0.15) is 6.23 Å². The summed E-state index contributed by atoms with van der Waals surface area (Å²) in [6.07, 6.45) is 25.1. The van der Waals surface area contributed by atoms with Crippen LogP contribution in [0.15, 0.2) is 36.0 Å². The minimum Gasteiger partial charge on any atom is -0.366 e. The second-order valence-corrected chi connectivity index (χ2v) is 11.2. The molecule has 1 aliphatic heterocycles. The number of ether oxygens (including phenoxy) is 1. The van der Waals surface area contributed by atoms with Gasteiger partial charge in [0.15, 0.2) is 0 Å². The summed E-state index contributed by atoms with van der Waals surface area (Å²) in [5, 5.41) is 6.71. The Kier molecular flexibility index (Phi) is 25.5. The average Bonchev–Trinajstić information content (AvgIpc) is 3.50. The number of carbonyl (C=O) groups excluding carboxylic acids is 1. The first-order chi connectivity index (χ1) is 18.6. The number of amides is 1. The third-order valence-corrected chi connectivity index (χ3v) is 8.80. The molecular weight excluding hydrogens is 506 g/mol. The van der Waals surface area contributed by atoms with E-state index in [4.69, 9.17) is 4.74 Å². The SMILES string of the molecule is C.C.C.CC.CCC(=O)NC/C=C\C=C(/C)C1CCN(CCCNC(OC)C(C2CCCC2)[C@H]2C=CCCC2)CC1. The standard InChI is InChI=1S/C31H53N3O2.C2H6.3CH4/c1-4-29(35)32-20-11-10-13-25(2)26-18-23-34(24-19-26)22-12-21-33-31(36-3)30(28-16-8-9-17-28)27-14-6-5-7-15-27;1-2;;;/h6,10-11,13-14,26-28,30-31,33H,4-5,7-9,12,15-24H2,1-3H3,(H,32,35);1-2H3;3*1H4/b11-10-,25-13+;;;;/t27-,30?,31?;;;;/m0..../s1. The van der Waals surface area contributed by atoms with E-state index in [1.54, 1.807) is 0 Å². The molecule has 1 saturated carbocycles. The fourth-order valence-electron chi connectivity index (χ4n) is 6.58. The second kappa shape index (κ2) is 25.1. The molecule has 0 aromatic carbocycles. The van der Waals surface area contributed by atoms with Crippen molar-refractivity contribution < 1.29 is 9.53 Å². The Balaban J connectivity index is 0. The topological polar surface area (TPSA) is 53.6 Å². The van der Waals surface area contributed by atoms with Crippen LogP contribution in [0.4, 0.5) is 0 Å². The zero-order valence-corrected chi connectivity index (χ0v) is 25.4. The van der Waals surface area contributed by atoms with Crippen molar-refractivity contribution in [2.75, 3.05) is 39.8 Å². The van der Waals surface area contributed by atoms with Crippen LogP contribution in [0.3, 0.4) is 0 Å². The van der Waals surface area contributed by atoms with Crippen LogP contribution in [0, 0.1) is 23.7 Å². The Morgan fingerprint density at radius 3 is 2.32 bits per heavy atom. The molecule has 0 bridgehead atoms. The molecule has 2 aliphatic carbocycles. The molecule has 3 atom stereocenters. The lowest BCUT2D eigenvalue weighted by atomic mass is 9.75. The van der Waals surface area contributed by atoms with Crippen molar-refractivity contribution in [3.63, 3.8) is 0 Å². The first kappa shape index (κ1) is 41.7. The van der Waals surface area contributed by atoms with Crippen LogP contribution in [0.2, 0.25) is 0 Å². The van der Waals surface area contributed by atoms with Crippen molar-refractivity contribution in [3.8, 4) is 0 Å². The first-order valence-electron chi connectivity index (χ1n) is 15.9.